The summed E-state index contributed by atoms with van der Waals surface area (Å²) >= 11 is 6.45. The maximum atomic E-state index is 6.45. The Bertz CT molecular complexity index is 1050. The predicted octanol–water partition coefficient (Wildman–Crippen LogP) is 5.27. The summed E-state index contributed by atoms with van der Waals surface area (Å²) in [5, 5.41) is 3.87. The molecule has 0 aliphatic rings. The highest BCUT2D eigenvalue weighted by molar-refractivity contribution is 6.35. The van der Waals surface area contributed by atoms with Crippen LogP contribution in [0.15, 0.2) is 66.7 Å². The number of pyridine rings is 1. The number of halogens is 1. The Morgan fingerprint density at radius 1 is 0.846 bits per heavy atom. The van der Waals surface area contributed by atoms with Gasteiger partial charge in [0.2, 0.25) is 5.95 Å². The molecule has 0 saturated carbocycles. The molecule has 2 heterocycles. The number of hydrogen-bond acceptors (Lipinski definition) is 4. The van der Waals surface area contributed by atoms with Gasteiger partial charge in [-0.15, -0.1) is 0 Å². The molecule has 0 atom stereocenters. The molecule has 4 nitrogen and oxygen atoms in total. The van der Waals surface area contributed by atoms with Gasteiger partial charge in [-0.25, -0.2) is 15.0 Å². The van der Waals surface area contributed by atoms with E-state index in [0.29, 0.717) is 28.5 Å². The zero-order valence-corrected chi connectivity index (χ0v) is 15.0. The standard InChI is InChI=1S/C21H17ClN4/c1-14-12-17(22)19-20(24-14)18(16-10-6-3-7-11-16)25-21(26-19)23-13-15-8-4-2-5-9-15/h2-12H,13H2,1H3,(H,23,25,26). The average Bonchev–Trinajstić information content (AvgIpc) is 2.67. The van der Waals surface area contributed by atoms with Crippen molar-refractivity contribution in [3.63, 3.8) is 0 Å². The van der Waals surface area contributed by atoms with Crippen LogP contribution in [0.4, 0.5) is 5.95 Å². The van der Waals surface area contributed by atoms with Gasteiger partial charge in [-0.2, -0.15) is 0 Å². The molecule has 0 spiro atoms. The van der Waals surface area contributed by atoms with Crippen LogP contribution >= 0.6 is 11.6 Å². The highest BCUT2D eigenvalue weighted by atomic mass is 35.5. The van der Waals surface area contributed by atoms with Gasteiger partial charge in [-0.05, 0) is 18.6 Å². The van der Waals surface area contributed by atoms with Crippen molar-refractivity contribution in [2.75, 3.05) is 5.32 Å². The first kappa shape index (κ1) is 16.5. The molecule has 0 radical (unpaired) electrons. The summed E-state index contributed by atoms with van der Waals surface area (Å²) in [7, 11) is 0. The van der Waals surface area contributed by atoms with Crippen molar-refractivity contribution in [2.45, 2.75) is 13.5 Å². The van der Waals surface area contributed by atoms with Crippen molar-refractivity contribution in [1.82, 2.24) is 15.0 Å². The first-order chi connectivity index (χ1) is 12.7. The fourth-order valence-electron chi connectivity index (χ4n) is 2.84. The summed E-state index contributed by atoms with van der Waals surface area (Å²) in [4.78, 5) is 14.0. The summed E-state index contributed by atoms with van der Waals surface area (Å²) < 4.78 is 0. The minimum absolute atomic E-state index is 0.535. The molecule has 5 heteroatoms. The van der Waals surface area contributed by atoms with Gasteiger partial charge >= 0.3 is 0 Å². The Morgan fingerprint density at radius 3 is 2.27 bits per heavy atom. The molecule has 0 amide bonds. The third-order valence-corrected chi connectivity index (χ3v) is 4.36. The molecular formula is C21H17ClN4. The fraction of sp³-hybridized carbons (Fsp3) is 0.0952. The van der Waals surface area contributed by atoms with E-state index in [1.54, 1.807) is 0 Å². The molecule has 26 heavy (non-hydrogen) atoms. The largest absolute Gasteiger partial charge is 0.350 e. The molecule has 2 aromatic carbocycles. The van der Waals surface area contributed by atoms with Crippen LogP contribution < -0.4 is 5.32 Å². The lowest BCUT2D eigenvalue weighted by atomic mass is 10.1. The molecule has 4 rings (SSSR count). The Hall–Kier alpha value is -2.98. The summed E-state index contributed by atoms with van der Waals surface area (Å²) in [6.45, 7) is 2.55. The van der Waals surface area contributed by atoms with Crippen molar-refractivity contribution in [3.8, 4) is 11.3 Å². The van der Waals surface area contributed by atoms with E-state index in [4.69, 9.17) is 16.6 Å². The van der Waals surface area contributed by atoms with Crippen molar-refractivity contribution in [2.24, 2.45) is 0 Å². The quantitative estimate of drug-likeness (QED) is 0.539. The van der Waals surface area contributed by atoms with Crippen LogP contribution in [-0.2, 0) is 6.54 Å². The summed E-state index contributed by atoms with van der Waals surface area (Å²) in [5.41, 5.74) is 5.13. The third-order valence-electron chi connectivity index (χ3n) is 4.07. The second-order valence-electron chi connectivity index (χ2n) is 6.04. The maximum Gasteiger partial charge on any atom is 0.224 e. The number of aromatic nitrogens is 3. The molecule has 0 bridgehead atoms. The highest BCUT2D eigenvalue weighted by Gasteiger charge is 2.14. The fourth-order valence-corrected chi connectivity index (χ4v) is 3.13. The molecule has 0 unspecified atom stereocenters. The molecule has 4 aromatic rings. The van der Waals surface area contributed by atoms with Gasteiger partial charge in [0.25, 0.3) is 0 Å². The molecule has 2 aromatic heterocycles. The van der Waals surface area contributed by atoms with E-state index in [-0.39, 0.29) is 0 Å². The van der Waals surface area contributed by atoms with Crippen LogP contribution in [0, 0.1) is 6.92 Å². The zero-order valence-electron chi connectivity index (χ0n) is 14.3. The number of anilines is 1. The summed E-state index contributed by atoms with van der Waals surface area (Å²) in [6.07, 6.45) is 0. The SMILES string of the molecule is Cc1cc(Cl)c2nc(NCc3ccccc3)nc(-c3ccccc3)c2n1. The number of fused-ring (bicyclic) bond motifs is 1. The summed E-state index contributed by atoms with van der Waals surface area (Å²) in [6, 6.07) is 21.9. The number of benzene rings is 2. The van der Waals surface area contributed by atoms with E-state index in [0.717, 1.165) is 22.5 Å². The van der Waals surface area contributed by atoms with Gasteiger partial charge in [-0.3, -0.25) is 0 Å². The number of hydrogen-bond donors (Lipinski definition) is 1. The molecule has 0 fully saturated rings. The third kappa shape index (κ3) is 3.37. The topological polar surface area (TPSA) is 50.7 Å². The lowest BCUT2D eigenvalue weighted by Gasteiger charge is -2.11. The minimum Gasteiger partial charge on any atom is -0.350 e. The predicted molar refractivity (Wildman–Crippen MR) is 106 cm³/mol. The highest BCUT2D eigenvalue weighted by Crippen LogP contribution is 2.30. The minimum atomic E-state index is 0.535. The monoisotopic (exact) mass is 360 g/mol. The van der Waals surface area contributed by atoms with E-state index in [9.17, 15) is 0 Å². The van der Waals surface area contributed by atoms with Crippen molar-refractivity contribution in [3.05, 3.63) is 83.0 Å². The molecular weight excluding hydrogens is 344 g/mol. The second-order valence-corrected chi connectivity index (χ2v) is 6.45. The van der Waals surface area contributed by atoms with E-state index >= 15 is 0 Å². The maximum absolute atomic E-state index is 6.45. The van der Waals surface area contributed by atoms with Crippen LogP contribution in [0.25, 0.3) is 22.3 Å². The lowest BCUT2D eigenvalue weighted by Crippen LogP contribution is -2.06. The second kappa shape index (κ2) is 7.10. The van der Waals surface area contributed by atoms with Gasteiger partial charge in [-0.1, -0.05) is 72.3 Å². The van der Waals surface area contributed by atoms with Crippen LogP contribution in [0.1, 0.15) is 11.3 Å². The molecule has 0 aliphatic heterocycles. The smallest absolute Gasteiger partial charge is 0.224 e. The number of nitrogens with one attached hydrogen (secondary N) is 1. The first-order valence-corrected chi connectivity index (χ1v) is 8.76. The van der Waals surface area contributed by atoms with Crippen molar-refractivity contribution >= 4 is 28.6 Å². The Labute approximate surface area is 156 Å². The molecule has 0 saturated heterocycles. The number of nitrogens with zero attached hydrogens (tertiary/aromatic N) is 3. The Morgan fingerprint density at radius 2 is 1.54 bits per heavy atom. The number of rotatable bonds is 4. The molecule has 128 valence electrons. The van der Waals surface area contributed by atoms with E-state index in [1.165, 1.54) is 0 Å². The van der Waals surface area contributed by atoms with E-state index in [2.05, 4.69) is 27.4 Å². The normalized spacial score (nSPS) is 10.8. The molecule has 1 N–H and O–H groups in total. The van der Waals surface area contributed by atoms with Crippen molar-refractivity contribution in [1.29, 1.82) is 0 Å². The van der Waals surface area contributed by atoms with Gasteiger partial charge in [0.15, 0.2) is 0 Å². The van der Waals surface area contributed by atoms with Gasteiger partial charge in [0, 0.05) is 17.8 Å². The first-order valence-electron chi connectivity index (χ1n) is 8.39. The van der Waals surface area contributed by atoms with Crippen molar-refractivity contribution < 1.29 is 0 Å². The Balaban J connectivity index is 1.82. The summed E-state index contributed by atoms with van der Waals surface area (Å²) in [5.74, 6) is 0.535. The molecule has 0 aliphatic carbocycles. The number of aryl methyl sites for hydroxylation is 1. The Kier molecular flexibility index (Phi) is 4.50. The van der Waals surface area contributed by atoms with E-state index < -0.39 is 0 Å². The van der Waals surface area contributed by atoms with Crippen LogP contribution in [0.5, 0.6) is 0 Å². The van der Waals surface area contributed by atoms with Crippen LogP contribution in [-0.4, -0.2) is 15.0 Å². The van der Waals surface area contributed by atoms with Crippen LogP contribution in [0.3, 0.4) is 0 Å². The van der Waals surface area contributed by atoms with E-state index in [1.807, 2.05) is 61.5 Å². The van der Waals surface area contributed by atoms with Gasteiger partial charge < -0.3 is 5.32 Å². The van der Waals surface area contributed by atoms with Gasteiger partial charge in [0.1, 0.15) is 16.7 Å². The average molecular weight is 361 g/mol. The zero-order chi connectivity index (χ0) is 17.9. The van der Waals surface area contributed by atoms with Crippen LogP contribution in [0.2, 0.25) is 5.02 Å². The lowest BCUT2D eigenvalue weighted by molar-refractivity contribution is 1.07. The van der Waals surface area contributed by atoms with Gasteiger partial charge in [0.05, 0.1) is 5.02 Å².